The van der Waals surface area contributed by atoms with E-state index >= 15 is 0 Å². The van der Waals surface area contributed by atoms with E-state index in [-0.39, 0.29) is 0 Å². The molecule has 0 amide bonds. The lowest BCUT2D eigenvalue weighted by Gasteiger charge is -2.32. The molecule has 0 heterocycles. The van der Waals surface area contributed by atoms with Crippen molar-refractivity contribution in [2.45, 2.75) is 465 Å². The lowest BCUT2D eigenvalue weighted by atomic mass is 9.73. The molecule has 452 valence electrons. The maximum absolute atomic E-state index is 2.56. The fourth-order valence-electron chi connectivity index (χ4n) is 13.6. The maximum Gasteiger partial charge on any atom is -0.0303 e. The first-order valence-electron chi connectivity index (χ1n) is 37.1. The first-order chi connectivity index (χ1) is 37.1. The Bertz CT molecular complexity index is 841. The van der Waals surface area contributed by atoms with E-state index in [2.05, 4.69) is 41.5 Å². The molecule has 0 radical (unpaired) electrons. The van der Waals surface area contributed by atoms with Gasteiger partial charge in [-0.1, -0.05) is 452 Å². The molecule has 0 aromatic carbocycles. The van der Waals surface area contributed by atoms with Crippen LogP contribution in [0.1, 0.15) is 465 Å². The Morgan fingerprint density at radius 1 is 0.160 bits per heavy atom. The normalized spacial score (nSPS) is 12.2. The van der Waals surface area contributed by atoms with Crippen molar-refractivity contribution in [3.63, 3.8) is 0 Å². The van der Waals surface area contributed by atoms with Gasteiger partial charge in [-0.15, -0.1) is 0 Å². The average molecular weight is 1050 g/mol. The van der Waals surface area contributed by atoms with Crippen LogP contribution in [-0.2, 0) is 0 Å². The molecule has 0 bridgehead atoms. The van der Waals surface area contributed by atoms with Gasteiger partial charge in [0.2, 0.25) is 0 Å². The van der Waals surface area contributed by atoms with Gasteiger partial charge in [0.1, 0.15) is 0 Å². The highest BCUT2D eigenvalue weighted by Crippen LogP contribution is 2.39. The summed E-state index contributed by atoms with van der Waals surface area (Å²) in [6, 6.07) is 0. The second-order valence-electron chi connectivity index (χ2n) is 26.6. The molecule has 0 rings (SSSR count). The molecular formula is C75H152. The van der Waals surface area contributed by atoms with E-state index in [1.54, 1.807) is 0 Å². The molecule has 0 aromatic heterocycles. The smallest absolute Gasteiger partial charge is 0.0303 e. The molecule has 0 aromatic rings. The lowest BCUT2D eigenvalue weighted by molar-refractivity contribution is 0.197. The van der Waals surface area contributed by atoms with Crippen LogP contribution in [0.15, 0.2) is 0 Å². The zero-order valence-electron chi connectivity index (χ0n) is 54.3. The molecule has 0 aliphatic carbocycles. The Morgan fingerprint density at radius 3 is 0.440 bits per heavy atom. The van der Waals surface area contributed by atoms with Crippen molar-refractivity contribution in [2.75, 3.05) is 0 Å². The fourth-order valence-corrected chi connectivity index (χ4v) is 13.6. The molecule has 75 heavy (non-hydrogen) atoms. The molecule has 0 fully saturated rings. The van der Waals surface area contributed by atoms with Crippen LogP contribution in [0.25, 0.3) is 0 Å². The summed E-state index contributed by atoms with van der Waals surface area (Å²) in [5.74, 6) is 2.01. The van der Waals surface area contributed by atoms with Crippen molar-refractivity contribution in [3.8, 4) is 0 Å². The minimum absolute atomic E-state index is 0.610. The predicted octanol–water partition coefficient (Wildman–Crippen LogP) is 29.1. The van der Waals surface area contributed by atoms with Gasteiger partial charge in [-0.2, -0.15) is 0 Å². The summed E-state index contributed by atoms with van der Waals surface area (Å²) >= 11 is 0. The van der Waals surface area contributed by atoms with E-state index in [1.807, 2.05) is 0 Å². The first kappa shape index (κ1) is 75.0. The standard InChI is InChI=1S/C75H152/c1-7-13-17-21-25-29-33-37-41-45-49-53-57-65-73(66-58-54-50-46-42-38-34-30-26-22-18-14-8-2)69-61-63-71-75(11-5,12-6)72-64-62-70-74(67-59-55-51-47-43-39-35-31-27-23-19-15-9-3)68-60-56-52-48-44-40-36-32-28-24-20-16-10-4/h73-74H,7-72H2,1-6H3. The van der Waals surface area contributed by atoms with Gasteiger partial charge in [0.25, 0.3) is 0 Å². The topological polar surface area (TPSA) is 0 Å². The van der Waals surface area contributed by atoms with Crippen molar-refractivity contribution in [1.82, 2.24) is 0 Å². The number of unbranched alkanes of at least 4 members (excludes halogenated alkanes) is 50. The van der Waals surface area contributed by atoms with Crippen molar-refractivity contribution < 1.29 is 0 Å². The molecule has 0 aliphatic rings. The Labute approximate surface area is 480 Å². The van der Waals surface area contributed by atoms with Gasteiger partial charge in [-0.05, 0) is 30.1 Å². The molecule has 0 nitrogen and oxygen atoms in total. The Morgan fingerprint density at radius 2 is 0.293 bits per heavy atom. The van der Waals surface area contributed by atoms with Gasteiger partial charge in [-0.25, -0.2) is 0 Å². The molecule has 0 unspecified atom stereocenters. The Kier molecular flexibility index (Phi) is 64.8. The maximum atomic E-state index is 2.56. The quantitative estimate of drug-likeness (QED) is 0.0533. The van der Waals surface area contributed by atoms with Gasteiger partial charge in [0.15, 0.2) is 0 Å². The van der Waals surface area contributed by atoms with Crippen molar-refractivity contribution in [1.29, 1.82) is 0 Å². The highest BCUT2D eigenvalue weighted by molar-refractivity contribution is 4.78. The van der Waals surface area contributed by atoms with Gasteiger partial charge < -0.3 is 0 Å². The molecule has 0 N–H and O–H groups in total. The SMILES string of the molecule is CCCCCCCCCCCCCCCC(CCCCCCCCCCCCCCC)CCCCC(CC)(CC)CCCCC(CCCCCCCCCCCCCCC)CCCCCCCCCCCCCCC. The van der Waals surface area contributed by atoms with Gasteiger partial charge in [-0.3, -0.25) is 0 Å². The molecule has 0 spiro atoms. The van der Waals surface area contributed by atoms with Crippen molar-refractivity contribution >= 4 is 0 Å². The van der Waals surface area contributed by atoms with Crippen molar-refractivity contribution in [3.05, 3.63) is 0 Å². The summed E-state index contributed by atoms with van der Waals surface area (Å²) < 4.78 is 0. The van der Waals surface area contributed by atoms with E-state index in [4.69, 9.17) is 0 Å². The third kappa shape index (κ3) is 57.1. The zero-order chi connectivity index (χ0) is 54.3. The summed E-state index contributed by atoms with van der Waals surface area (Å²) in [5, 5.41) is 0. The van der Waals surface area contributed by atoms with E-state index in [0.717, 1.165) is 11.8 Å². The third-order valence-electron chi connectivity index (χ3n) is 19.5. The van der Waals surface area contributed by atoms with E-state index in [1.165, 1.54) is 424 Å². The molecule has 0 atom stereocenters. The van der Waals surface area contributed by atoms with Crippen LogP contribution < -0.4 is 0 Å². The number of rotatable bonds is 68. The fraction of sp³-hybridized carbons (Fsp3) is 1.00. The van der Waals surface area contributed by atoms with Gasteiger partial charge in [0, 0.05) is 0 Å². The third-order valence-corrected chi connectivity index (χ3v) is 19.5. The van der Waals surface area contributed by atoms with Gasteiger partial charge >= 0.3 is 0 Å². The number of hydrogen-bond acceptors (Lipinski definition) is 0. The molecule has 0 saturated heterocycles. The largest absolute Gasteiger partial charge is 0.0654 e. The highest BCUT2D eigenvalue weighted by Gasteiger charge is 2.25. The summed E-state index contributed by atoms with van der Waals surface area (Å²) in [4.78, 5) is 0. The Hall–Kier alpha value is 0. The second-order valence-corrected chi connectivity index (χ2v) is 26.6. The van der Waals surface area contributed by atoms with E-state index in [0.29, 0.717) is 5.41 Å². The van der Waals surface area contributed by atoms with Crippen LogP contribution in [0.3, 0.4) is 0 Å². The molecule has 0 saturated carbocycles. The number of hydrogen-bond donors (Lipinski definition) is 0. The molecule has 0 aliphatic heterocycles. The van der Waals surface area contributed by atoms with Crippen LogP contribution in [0.5, 0.6) is 0 Å². The summed E-state index contributed by atoms with van der Waals surface area (Å²) in [6.07, 6.45) is 97.8. The zero-order valence-corrected chi connectivity index (χ0v) is 54.3. The van der Waals surface area contributed by atoms with E-state index in [9.17, 15) is 0 Å². The minimum Gasteiger partial charge on any atom is -0.0654 e. The van der Waals surface area contributed by atoms with Crippen LogP contribution in [0, 0.1) is 17.3 Å². The summed E-state index contributed by atoms with van der Waals surface area (Å²) in [5.41, 5.74) is 0.610. The van der Waals surface area contributed by atoms with Gasteiger partial charge in [0.05, 0.1) is 0 Å². The minimum atomic E-state index is 0.610. The lowest BCUT2D eigenvalue weighted by Crippen LogP contribution is -2.19. The second kappa shape index (κ2) is 64.8. The monoisotopic (exact) mass is 1050 g/mol. The van der Waals surface area contributed by atoms with Crippen LogP contribution in [0.2, 0.25) is 0 Å². The molecule has 0 heteroatoms. The highest BCUT2D eigenvalue weighted by atomic mass is 14.3. The van der Waals surface area contributed by atoms with Crippen LogP contribution in [-0.4, -0.2) is 0 Å². The van der Waals surface area contributed by atoms with Crippen molar-refractivity contribution in [2.24, 2.45) is 17.3 Å². The predicted molar refractivity (Wildman–Crippen MR) is 348 cm³/mol. The Balaban J connectivity index is 4.88. The van der Waals surface area contributed by atoms with E-state index < -0.39 is 0 Å². The first-order valence-corrected chi connectivity index (χ1v) is 37.1. The van der Waals surface area contributed by atoms with Crippen LogP contribution >= 0.6 is 0 Å². The summed E-state index contributed by atoms with van der Waals surface area (Å²) in [7, 11) is 0. The summed E-state index contributed by atoms with van der Waals surface area (Å²) in [6.45, 7) is 14.5. The molecular weight excluding hydrogens is 901 g/mol. The average Bonchev–Trinajstić information content (AvgIpc) is 3.42. The van der Waals surface area contributed by atoms with Crippen LogP contribution in [0.4, 0.5) is 0 Å².